The minimum Gasteiger partial charge on any atom is -0.383 e. The molecule has 0 spiro atoms. The van der Waals surface area contributed by atoms with Crippen LogP contribution in [0.2, 0.25) is 0 Å². The molecular formula is C15H22N2OS2. The van der Waals surface area contributed by atoms with Crippen LogP contribution in [0.3, 0.4) is 0 Å². The van der Waals surface area contributed by atoms with E-state index in [9.17, 15) is 0 Å². The number of nitrogens with one attached hydrogen (secondary N) is 1. The molecule has 0 unspecified atom stereocenters. The van der Waals surface area contributed by atoms with Crippen LogP contribution in [0.25, 0.3) is 10.4 Å². The van der Waals surface area contributed by atoms with Crippen molar-refractivity contribution in [3.8, 4) is 10.4 Å². The average molecular weight is 310 g/mol. The van der Waals surface area contributed by atoms with Crippen LogP contribution in [-0.2, 0) is 11.3 Å². The van der Waals surface area contributed by atoms with Gasteiger partial charge in [-0.2, -0.15) is 0 Å². The predicted molar refractivity (Wildman–Crippen MR) is 88.7 cm³/mol. The molecule has 0 amide bonds. The van der Waals surface area contributed by atoms with Crippen LogP contribution in [0.1, 0.15) is 4.88 Å². The molecule has 2 heterocycles. The quantitative estimate of drug-likeness (QED) is 0.720. The molecular weight excluding hydrogens is 288 g/mol. The van der Waals surface area contributed by atoms with Crippen molar-refractivity contribution in [3.05, 3.63) is 33.8 Å². The van der Waals surface area contributed by atoms with Gasteiger partial charge in [-0.1, -0.05) is 6.07 Å². The van der Waals surface area contributed by atoms with Crippen LogP contribution in [-0.4, -0.2) is 45.3 Å². The summed E-state index contributed by atoms with van der Waals surface area (Å²) >= 11 is 3.63. The van der Waals surface area contributed by atoms with E-state index in [0.717, 1.165) is 32.8 Å². The Bertz CT molecular complexity index is 482. The Balaban J connectivity index is 1.67. The molecule has 0 fully saturated rings. The van der Waals surface area contributed by atoms with E-state index in [1.54, 1.807) is 18.4 Å². The Morgan fingerprint density at radius 3 is 2.95 bits per heavy atom. The van der Waals surface area contributed by atoms with Crippen molar-refractivity contribution in [1.82, 2.24) is 10.2 Å². The number of thiophene rings is 2. The van der Waals surface area contributed by atoms with E-state index < -0.39 is 0 Å². The van der Waals surface area contributed by atoms with Gasteiger partial charge in [0.2, 0.25) is 0 Å². The van der Waals surface area contributed by atoms with Crippen LogP contribution < -0.4 is 5.32 Å². The van der Waals surface area contributed by atoms with E-state index in [0.29, 0.717) is 0 Å². The van der Waals surface area contributed by atoms with Crippen molar-refractivity contribution in [3.63, 3.8) is 0 Å². The monoisotopic (exact) mass is 310 g/mol. The van der Waals surface area contributed by atoms with Gasteiger partial charge in [0.1, 0.15) is 0 Å². The van der Waals surface area contributed by atoms with Gasteiger partial charge in [-0.3, -0.25) is 0 Å². The Morgan fingerprint density at radius 1 is 1.30 bits per heavy atom. The molecule has 0 atom stereocenters. The highest BCUT2D eigenvalue weighted by Crippen LogP contribution is 2.29. The van der Waals surface area contributed by atoms with E-state index in [4.69, 9.17) is 4.74 Å². The molecule has 0 aliphatic carbocycles. The summed E-state index contributed by atoms with van der Waals surface area (Å²) in [5.41, 5.74) is 1.35. The van der Waals surface area contributed by atoms with E-state index >= 15 is 0 Å². The third-order valence-electron chi connectivity index (χ3n) is 3.11. The lowest BCUT2D eigenvalue weighted by atomic mass is 10.2. The summed E-state index contributed by atoms with van der Waals surface area (Å²) < 4.78 is 5.07. The number of methoxy groups -OCH3 is 1. The maximum atomic E-state index is 5.07. The van der Waals surface area contributed by atoms with Crippen molar-refractivity contribution in [2.24, 2.45) is 0 Å². The van der Waals surface area contributed by atoms with Crippen LogP contribution in [0, 0.1) is 0 Å². The van der Waals surface area contributed by atoms with Gasteiger partial charge < -0.3 is 15.0 Å². The Morgan fingerprint density at radius 2 is 2.20 bits per heavy atom. The average Bonchev–Trinajstić information content (AvgIpc) is 3.11. The van der Waals surface area contributed by atoms with Gasteiger partial charge in [-0.05, 0) is 29.9 Å². The van der Waals surface area contributed by atoms with Gasteiger partial charge in [-0.15, -0.1) is 22.7 Å². The number of likely N-dealkylation sites (N-methyl/N-ethyl adjacent to an activating group) is 1. The van der Waals surface area contributed by atoms with Crippen molar-refractivity contribution in [2.75, 3.05) is 40.4 Å². The van der Waals surface area contributed by atoms with E-state index in [-0.39, 0.29) is 0 Å². The molecule has 0 saturated heterocycles. The summed E-state index contributed by atoms with van der Waals surface area (Å²) in [6.07, 6.45) is 0. The Hall–Kier alpha value is -0.720. The van der Waals surface area contributed by atoms with E-state index in [2.05, 4.69) is 46.2 Å². The van der Waals surface area contributed by atoms with Gasteiger partial charge in [0.05, 0.1) is 6.61 Å². The minimum atomic E-state index is 0.797. The molecule has 0 aromatic carbocycles. The van der Waals surface area contributed by atoms with Crippen LogP contribution in [0.5, 0.6) is 0 Å². The molecule has 2 aromatic rings. The highest BCUT2D eigenvalue weighted by molar-refractivity contribution is 7.14. The number of hydrogen-bond donors (Lipinski definition) is 1. The molecule has 1 N–H and O–H groups in total. The maximum absolute atomic E-state index is 5.07. The smallest absolute Gasteiger partial charge is 0.0589 e. The number of ether oxygens (including phenoxy) is 1. The summed E-state index contributed by atoms with van der Waals surface area (Å²) in [6, 6.07) is 6.57. The third kappa shape index (κ3) is 5.00. The van der Waals surface area contributed by atoms with Crippen molar-refractivity contribution in [2.45, 2.75) is 6.54 Å². The summed E-state index contributed by atoms with van der Waals surface area (Å²) in [5.74, 6) is 0. The summed E-state index contributed by atoms with van der Waals surface area (Å²) in [7, 11) is 3.87. The Kier molecular flexibility index (Phi) is 6.69. The van der Waals surface area contributed by atoms with Gasteiger partial charge in [0, 0.05) is 48.6 Å². The summed E-state index contributed by atoms with van der Waals surface area (Å²) in [5, 5.41) is 7.87. The molecule has 20 heavy (non-hydrogen) atoms. The largest absolute Gasteiger partial charge is 0.383 e. The zero-order valence-electron chi connectivity index (χ0n) is 12.1. The molecule has 5 heteroatoms. The van der Waals surface area contributed by atoms with Gasteiger partial charge in [0.15, 0.2) is 0 Å². The summed E-state index contributed by atoms with van der Waals surface area (Å²) in [6.45, 7) is 4.79. The lowest BCUT2D eigenvalue weighted by molar-refractivity contribution is 0.161. The minimum absolute atomic E-state index is 0.797. The van der Waals surface area contributed by atoms with Gasteiger partial charge in [0.25, 0.3) is 0 Å². The number of hydrogen-bond acceptors (Lipinski definition) is 5. The molecule has 0 bridgehead atoms. The van der Waals surface area contributed by atoms with Crippen LogP contribution in [0.15, 0.2) is 29.0 Å². The number of rotatable bonds is 9. The Labute approximate surface area is 129 Å². The molecule has 3 nitrogen and oxygen atoms in total. The first-order valence-corrected chi connectivity index (χ1v) is 8.55. The predicted octanol–water partition coefficient (Wildman–Crippen LogP) is 3.14. The van der Waals surface area contributed by atoms with Gasteiger partial charge >= 0.3 is 0 Å². The molecule has 0 saturated carbocycles. The lowest BCUT2D eigenvalue weighted by Gasteiger charge is -2.15. The second kappa shape index (κ2) is 8.54. The standard InChI is InChI=1S/C15H22N2OS2/c1-17(7-8-18-2)6-5-16-11-14-10-13(12-20-14)15-4-3-9-19-15/h3-4,9-10,12,16H,5-8,11H2,1-2H3. The van der Waals surface area contributed by atoms with Crippen molar-refractivity contribution < 1.29 is 4.74 Å². The second-order valence-corrected chi connectivity index (χ2v) is 6.70. The van der Waals surface area contributed by atoms with Gasteiger partial charge in [-0.25, -0.2) is 0 Å². The van der Waals surface area contributed by atoms with Crippen molar-refractivity contribution in [1.29, 1.82) is 0 Å². The molecule has 0 radical (unpaired) electrons. The first kappa shape index (κ1) is 15.7. The lowest BCUT2D eigenvalue weighted by Crippen LogP contribution is -2.31. The van der Waals surface area contributed by atoms with E-state index in [1.165, 1.54) is 15.3 Å². The third-order valence-corrected chi connectivity index (χ3v) is 4.96. The highest BCUT2D eigenvalue weighted by Gasteiger charge is 2.03. The zero-order chi connectivity index (χ0) is 14.2. The van der Waals surface area contributed by atoms with E-state index in [1.807, 2.05) is 11.3 Å². The summed E-state index contributed by atoms with van der Waals surface area (Å²) in [4.78, 5) is 5.03. The maximum Gasteiger partial charge on any atom is 0.0589 e. The van der Waals surface area contributed by atoms with Crippen LogP contribution in [0.4, 0.5) is 0 Å². The second-order valence-electron chi connectivity index (χ2n) is 4.75. The fraction of sp³-hybridized carbons (Fsp3) is 0.467. The molecule has 0 aliphatic rings. The zero-order valence-corrected chi connectivity index (χ0v) is 13.7. The fourth-order valence-corrected chi connectivity index (χ4v) is 3.53. The number of nitrogens with zero attached hydrogens (tertiary/aromatic N) is 1. The normalized spacial score (nSPS) is 11.3. The first-order chi connectivity index (χ1) is 9.79. The molecule has 2 aromatic heterocycles. The first-order valence-electron chi connectivity index (χ1n) is 6.79. The fourth-order valence-electron chi connectivity index (χ4n) is 1.89. The molecule has 2 rings (SSSR count). The highest BCUT2D eigenvalue weighted by atomic mass is 32.1. The van der Waals surface area contributed by atoms with Crippen LogP contribution >= 0.6 is 22.7 Å². The van der Waals surface area contributed by atoms with Crippen molar-refractivity contribution >= 4 is 22.7 Å². The topological polar surface area (TPSA) is 24.5 Å². The molecule has 0 aliphatic heterocycles. The molecule has 110 valence electrons. The SMILES string of the molecule is COCCN(C)CCNCc1cc(-c2cccs2)cs1.